The number of nitrogens with two attached hydrogens (primary N) is 2. The summed E-state index contributed by atoms with van der Waals surface area (Å²) in [7, 11) is -4.02. The maximum absolute atomic E-state index is 12.4. The second kappa shape index (κ2) is 5.25. The molecule has 0 heterocycles. The van der Waals surface area contributed by atoms with Crippen molar-refractivity contribution in [3.8, 4) is 0 Å². The molecule has 0 radical (unpaired) electrons. The summed E-state index contributed by atoms with van der Waals surface area (Å²) >= 11 is 0. The van der Waals surface area contributed by atoms with Gasteiger partial charge in [0.05, 0.1) is 4.90 Å². The number of sulfonamides is 1. The van der Waals surface area contributed by atoms with Crippen LogP contribution in [0, 0.1) is 0 Å². The van der Waals surface area contributed by atoms with Gasteiger partial charge in [0.1, 0.15) is 6.54 Å². The predicted molar refractivity (Wildman–Crippen MR) is 66.2 cm³/mol. The summed E-state index contributed by atoms with van der Waals surface area (Å²) in [6.07, 6.45) is -4.40. The van der Waals surface area contributed by atoms with Crippen molar-refractivity contribution in [2.45, 2.75) is 18.0 Å². The molecule has 1 aromatic rings. The van der Waals surface area contributed by atoms with Crippen LogP contribution in [0.2, 0.25) is 0 Å². The third-order valence-corrected chi connectivity index (χ3v) is 3.25. The molecule has 0 bridgehead atoms. The Balaban J connectivity index is 3.22. The Morgan fingerprint density at radius 3 is 2.26 bits per heavy atom. The van der Waals surface area contributed by atoms with E-state index >= 15 is 0 Å². The highest BCUT2D eigenvalue weighted by atomic mass is 32.2. The van der Waals surface area contributed by atoms with Gasteiger partial charge in [-0.2, -0.15) is 13.2 Å². The Labute approximate surface area is 109 Å². The zero-order chi connectivity index (χ0) is 14.8. The lowest BCUT2D eigenvalue weighted by Crippen LogP contribution is -2.34. The standard InChI is InChI=1S/C10H14F3N3O2S/c1-2-16(6-10(11,12)13)8-3-7(14)4-9(5-8)19(15,17)18/h3-5H,2,6,14H2,1H3,(H2,15,17,18). The molecule has 0 aromatic heterocycles. The molecule has 0 aliphatic heterocycles. The topological polar surface area (TPSA) is 89.4 Å². The Hall–Kier alpha value is -1.48. The second-order valence-corrected chi connectivity index (χ2v) is 5.50. The molecule has 1 aromatic carbocycles. The molecule has 0 saturated carbocycles. The third-order valence-electron chi connectivity index (χ3n) is 2.36. The van der Waals surface area contributed by atoms with Crippen LogP contribution in [-0.2, 0) is 10.0 Å². The highest BCUT2D eigenvalue weighted by molar-refractivity contribution is 7.89. The summed E-state index contributed by atoms with van der Waals surface area (Å²) in [5, 5.41) is 4.94. The van der Waals surface area contributed by atoms with Crippen molar-refractivity contribution in [2.24, 2.45) is 5.14 Å². The van der Waals surface area contributed by atoms with Crippen LogP contribution in [0.15, 0.2) is 23.1 Å². The number of nitrogen functional groups attached to an aromatic ring is 1. The Morgan fingerprint density at radius 1 is 1.26 bits per heavy atom. The van der Waals surface area contributed by atoms with Gasteiger partial charge in [-0.05, 0) is 25.1 Å². The maximum Gasteiger partial charge on any atom is 0.405 e. The van der Waals surface area contributed by atoms with Crippen LogP contribution in [0.4, 0.5) is 24.5 Å². The van der Waals surface area contributed by atoms with Crippen molar-refractivity contribution in [3.63, 3.8) is 0 Å². The number of hydrogen-bond donors (Lipinski definition) is 2. The first kappa shape index (κ1) is 15.6. The van der Waals surface area contributed by atoms with E-state index < -0.39 is 22.7 Å². The molecule has 0 amide bonds. The van der Waals surface area contributed by atoms with Crippen molar-refractivity contribution in [1.82, 2.24) is 0 Å². The highest BCUT2D eigenvalue weighted by Gasteiger charge is 2.30. The van der Waals surface area contributed by atoms with Crippen molar-refractivity contribution in [3.05, 3.63) is 18.2 Å². The minimum Gasteiger partial charge on any atom is -0.399 e. The number of halogens is 3. The first-order chi connectivity index (χ1) is 8.53. The molecule has 0 saturated heterocycles. The number of primary sulfonamides is 1. The van der Waals surface area contributed by atoms with Gasteiger partial charge in [-0.3, -0.25) is 0 Å². The SMILES string of the molecule is CCN(CC(F)(F)F)c1cc(N)cc(S(N)(=O)=O)c1. The molecule has 5 nitrogen and oxygen atoms in total. The molecular weight excluding hydrogens is 283 g/mol. The van der Waals surface area contributed by atoms with Gasteiger partial charge in [0, 0.05) is 17.9 Å². The molecule has 0 aliphatic carbocycles. The van der Waals surface area contributed by atoms with Crippen LogP contribution in [0.3, 0.4) is 0 Å². The molecule has 0 unspecified atom stereocenters. The summed E-state index contributed by atoms with van der Waals surface area (Å²) < 4.78 is 59.6. The van der Waals surface area contributed by atoms with Gasteiger partial charge in [-0.15, -0.1) is 0 Å². The lowest BCUT2D eigenvalue weighted by atomic mass is 10.2. The monoisotopic (exact) mass is 297 g/mol. The molecule has 4 N–H and O–H groups in total. The lowest BCUT2D eigenvalue weighted by Gasteiger charge is -2.25. The summed E-state index contributed by atoms with van der Waals surface area (Å²) in [4.78, 5) is 0.647. The zero-order valence-electron chi connectivity index (χ0n) is 10.1. The fourth-order valence-electron chi connectivity index (χ4n) is 1.55. The third kappa shape index (κ3) is 4.60. The highest BCUT2D eigenvalue weighted by Crippen LogP contribution is 2.26. The van der Waals surface area contributed by atoms with E-state index in [0.717, 1.165) is 17.0 Å². The van der Waals surface area contributed by atoms with Crippen LogP contribution in [0.1, 0.15) is 6.92 Å². The molecular formula is C10H14F3N3O2S. The van der Waals surface area contributed by atoms with Crippen molar-refractivity contribution in [1.29, 1.82) is 0 Å². The molecule has 0 aliphatic rings. The zero-order valence-corrected chi connectivity index (χ0v) is 10.9. The molecule has 19 heavy (non-hydrogen) atoms. The van der Waals surface area contributed by atoms with E-state index in [1.54, 1.807) is 0 Å². The number of hydrogen-bond acceptors (Lipinski definition) is 4. The van der Waals surface area contributed by atoms with Gasteiger partial charge in [0.2, 0.25) is 10.0 Å². The maximum atomic E-state index is 12.4. The second-order valence-electron chi connectivity index (χ2n) is 3.93. The molecule has 9 heteroatoms. The average Bonchev–Trinajstić information content (AvgIpc) is 2.22. The normalized spacial score (nSPS) is 12.5. The van der Waals surface area contributed by atoms with Gasteiger partial charge in [0.25, 0.3) is 0 Å². The molecule has 0 spiro atoms. The van der Waals surface area contributed by atoms with Crippen LogP contribution in [0.5, 0.6) is 0 Å². The minimum absolute atomic E-state index is 0.0298. The van der Waals surface area contributed by atoms with E-state index in [1.165, 1.54) is 13.0 Å². The first-order valence-corrected chi connectivity index (χ1v) is 6.82. The summed E-state index contributed by atoms with van der Waals surface area (Å²) in [6.45, 7) is 0.371. The van der Waals surface area contributed by atoms with Crippen LogP contribution >= 0.6 is 0 Å². The number of anilines is 2. The molecule has 0 fully saturated rings. The van der Waals surface area contributed by atoms with Gasteiger partial charge in [-0.25, -0.2) is 13.6 Å². The smallest absolute Gasteiger partial charge is 0.399 e. The van der Waals surface area contributed by atoms with Gasteiger partial charge in [-0.1, -0.05) is 0 Å². The van der Waals surface area contributed by atoms with E-state index in [1.807, 2.05) is 0 Å². The van der Waals surface area contributed by atoms with Crippen molar-refractivity contribution < 1.29 is 21.6 Å². The number of nitrogens with zero attached hydrogens (tertiary/aromatic N) is 1. The van der Waals surface area contributed by atoms with E-state index in [4.69, 9.17) is 10.9 Å². The average molecular weight is 297 g/mol. The van der Waals surface area contributed by atoms with Gasteiger partial charge >= 0.3 is 6.18 Å². The van der Waals surface area contributed by atoms with E-state index in [9.17, 15) is 21.6 Å². The Kier molecular flexibility index (Phi) is 4.31. The van der Waals surface area contributed by atoms with Crippen molar-refractivity contribution in [2.75, 3.05) is 23.7 Å². The van der Waals surface area contributed by atoms with Gasteiger partial charge in [0.15, 0.2) is 0 Å². The summed E-state index contributed by atoms with van der Waals surface area (Å²) in [6, 6.07) is 3.44. The predicted octanol–water partition coefficient (Wildman–Crippen LogP) is 1.30. The Morgan fingerprint density at radius 2 is 1.84 bits per heavy atom. The van der Waals surface area contributed by atoms with Crippen LogP contribution < -0.4 is 15.8 Å². The largest absolute Gasteiger partial charge is 0.405 e. The molecule has 0 atom stereocenters. The molecule has 108 valence electrons. The minimum atomic E-state index is -4.40. The quantitative estimate of drug-likeness (QED) is 0.820. The fraction of sp³-hybridized carbons (Fsp3) is 0.400. The molecule has 1 rings (SSSR count). The number of alkyl halides is 3. The Bertz CT molecular complexity index is 558. The van der Waals surface area contributed by atoms with Gasteiger partial charge < -0.3 is 10.6 Å². The first-order valence-electron chi connectivity index (χ1n) is 5.28. The fourth-order valence-corrected chi connectivity index (χ4v) is 2.14. The van der Waals surface area contributed by atoms with Crippen LogP contribution in [0.25, 0.3) is 0 Å². The summed E-state index contributed by atoms with van der Waals surface area (Å²) in [5.74, 6) is 0. The van der Waals surface area contributed by atoms with Crippen molar-refractivity contribution >= 4 is 21.4 Å². The van der Waals surface area contributed by atoms with E-state index in [-0.39, 0.29) is 22.8 Å². The summed E-state index contributed by atoms with van der Waals surface area (Å²) in [5.41, 5.74) is 5.57. The van der Waals surface area contributed by atoms with E-state index in [2.05, 4.69) is 0 Å². The number of benzene rings is 1. The van der Waals surface area contributed by atoms with E-state index in [0.29, 0.717) is 0 Å². The van der Waals surface area contributed by atoms with Crippen LogP contribution in [-0.4, -0.2) is 27.7 Å². The number of rotatable bonds is 4. The lowest BCUT2D eigenvalue weighted by molar-refractivity contribution is -0.119.